The number of aromatic nitrogens is 2. The van der Waals surface area contributed by atoms with Crippen molar-refractivity contribution < 1.29 is 8.42 Å². The zero-order valence-electron chi connectivity index (χ0n) is 13.3. The lowest BCUT2D eigenvalue weighted by Crippen LogP contribution is -2.21. The number of primary sulfonamides is 1. The highest BCUT2D eigenvalue weighted by Gasteiger charge is 2.23. The molecule has 4 rings (SSSR count). The van der Waals surface area contributed by atoms with E-state index in [1.165, 1.54) is 0 Å². The molecule has 0 atom stereocenters. The molecule has 2 N–H and O–H groups in total. The summed E-state index contributed by atoms with van der Waals surface area (Å²) >= 11 is 0. The Morgan fingerprint density at radius 2 is 2.08 bits per heavy atom. The second-order valence-corrected chi connectivity index (χ2v) is 7.64. The molecule has 7 heteroatoms. The van der Waals surface area contributed by atoms with Gasteiger partial charge in [0.2, 0.25) is 10.0 Å². The van der Waals surface area contributed by atoms with E-state index in [2.05, 4.69) is 14.3 Å². The number of benzene rings is 1. The third kappa shape index (κ3) is 2.46. The minimum atomic E-state index is -3.70. The Balaban J connectivity index is 1.74. The Labute approximate surface area is 140 Å². The van der Waals surface area contributed by atoms with Crippen LogP contribution >= 0.6 is 0 Å². The maximum absolute atomic E-state index is 11.6. The lowest BCUT2D eigenvalue weighted by Gasteiger charge is -2.20. The maximum atomic E-state index is 11.6. The normalized spacial score (nSPS) is 14.3. The molecule has 1 aliphatic heterocycles. The van der Waals surface area contributed by atoms with E-state index in [1.54, 1.807) is 12.1 Å². The summed E-state index contributed by atoms with van der Waals surface area (Å²) < 4.78 is 25.3. The first kappa shape index (κ1) is 15.2. The number of hydrogen-bond acceptors (Lipinski definition) is 4. The molecule has 0 amide bonds. The van der Waals surface area contributed by atoms with Crippen LogP contribution in [0.1, 0.15) is 17.0 Å². The van der Waals surface area contributed by atoms with E-state index >= 15 is 0 Å². The maximum Gasteiger partial charge on any atom is 0.238 e. The van der Waals surface area contributed by atoms with Gasteiger partial charge >= 0.3 is 0 Å². The molecule has 0 unspecified atom stereocenters. The number of rotatable bonds is 3. The number of pyridine rings is 1. The van der Waals surface area contributed by atoms with Crippen molar-refractivity contribution in [3.63, 3.8) is 0 Å². The van der Waals surface area contributed by atoms with Gasteiger partial charge in [-0.25, -0.2) is 18.5 Å². The lowest BCUT2D eigenvalue weighted by molar-refractivity contribution is 0.598. The molecule has 124 valence electrons. The first-order chi connectivity index (χ1) is 11.4. The topological polar surface area (TPSA) is 80.7 Å². The molecule has 1 aromatic carbocycles. The standard InChI is InChI=1S/C17H18N4O2S/c1-12-16(21-8-3-2-4-17(21)19-12)11-20-9-7-13-5-6-14(10-15(13)20)24(18,22)23/h2-6,8,10H,7,9,11H2,1H3,(H2,18,22,23). The Morgan fingerprint density at radius 1 is 1.25 bits per heavy atom. The predicted octanol–water partition coefficient (Wildman–Crippen LogP) is 1.85. The number of anilines is 1. The largest absolute Gasteiger partial charge is 0.365 e. The summed E-state index contributed by atoms with van der Waals surface area (Å²) in [7, 11) is -3.70. The van der Waals surface area contributed by atoms with Crippen molar-refractivity contribution in [1.29, 1.82) is 0 Å². The smallest absolute Gasteiger partial charge is 0.238 e. The van der Waals surface area contributed by atoms with Gasteiger partial charge in [-0.1, -0.05) is 12.1 Å². The number of sulfonamides is 1. The van der Waals surface area contributed by atoms with Gasteiger partial charge in [-0.15, -0.1) is 0 Å². The average molecular weight is 342 g/mol. The fourth-order valence-electron chi connectivity index (χ4n) is 3.30. The van der Waals surface area contributed by atoms with E-state index < -0.39 is 10.0 Å². The second kappa shape index (κ2) is 5.32. The third-order valence-electron chi connectivity index (χ3n) is 4.55. The quantitative estimate of drug-likeness (QED) is 0.788. The van der Waals surface area contributed by atoms with Crippen molar-refractivity contribution in [1.82, 2.24) is 9.38 Å². The molecule has 0 saturated heterocycles. The van der Waals surface area contributed by atoms with E-state index in [9.17, 15) is 8.42 Å². The number of nitrogens with two attached hydrogens (primary N) is 1. The Morgan fingerprint density at radius 3 is 2.88 bits per heavy atom. The van der Waals surface area contributed by atoms with E-state index in [0.717, 1.165) is 41.3 Å². The molecule has 0 spiro atoms. The molecule has 3 heterocycles. The van der Waals surface area contributed by atoms with Crippen LogP contribution in [0.5, 0.6) is 0 Å². The summed E-state index contributed by atoms with van der Waals surface area (Å²) in [5.74, 6) is 0. The average Bonchev–Trinajstić information content (AvgIpc) is 3.08. The van der Waals surface area contributed by atoms with Crippen LogP contribution in [0.25, 0.3) is 5.65 Å². The molecular formula is C17H18N4O2S. The first-order valence-electron chi connectivity index (χ1n) is 7.77. The fourth-order valence-corrected chi connectivity index (χ4v) is 3.84. The van der Waals surface area contributed by atoms with Crippen molar-refractivity contribution in [3.8, 4) is 0 Å². The molecular weight excluding hydrogens is 324 g/mol. The van der Waals surface area contributed by atoms with Crippen molar-refractivity contribution in [3.05, 3.63) is 59.5 Å². The van der Waals surface area contributed by atoms with Gasteiger partial charge in [-0.05, 0) is 43.2 Å². The highest BCUT2D eigenvalue weighted by Crippen LogP contribution is 2.32. The number of nitrogens with zero attached hydrogens (tertiary/aromatic N) is 3. The number of hydrogen-bond donors (Lipinski definition) is 1. The van der Waals surface area contributed by atoms with Crippen LogP contribution in [-0.4, -0.2) is 24.3 Å². The summed E-state index contributed by atoms with van der Waals surface area (Å²) in [6.45, 7) is 3.53. The van der Waals surface area contributed by atoms with E-state index in [4.69, 9.17) is 5.14 Å². The van der Waals surface area contributed by atoms with Crippen LogP contribution in [0.15, 0.2) is 47.5 Å². The first-order valence-corrected chi connectivity index (χ1v) is 9.31. The van der Waals surface area contributed by atoms with Crippen LogP contribution in [0.4, 0.5) is 5.69 Å². The predicted molar refractivity (Wildman–Crippen MR) is 92.5 cm³/mol. The summed E-state index contributed by atoms with van der Waals surface area (Å²) in [6.07, 6.45) is 2.90. The van der Waals surface area contributed by atoms with Gasteiger partial charge in [-0.2, -0.15) is 0 Å². The second-order valence-electron chi connectivity index (χ2n) is 6.08. The Hall–Kier alpha value is -2.38. The highest BCUT2D eigenvalue weighted by atomic mass is 32.2. The van der Waals surface area contributed by atoms with Gasteiger partial charge < -0.3 is 9.30 Å². The molecule has 0 bridgehead atoms. The summed E-state index contributed by atoms with van der Waals surface area (Å²) in [5.41, 5.74) is 5.10. The molecule has 0 aliphatic carbocycles. The zero-order valence-corrected chi connectivity index (χ0v) is 14.1. The fraction of sp³-hybridized carbons (Fsp3) is 0.235. The van der Waals surface area contributed by atoms with Crippen molar-refractivity contribution in [2.24, 2.45) is 5.14 Å². The molecule has 0 fully saturated rings. The zero-order chi connectivity index (χ0) is 16.9. The van der Waals surface area contributed by atoms with Crippen molar-refractivity contribution in [2.75, 3.05) is 11.4 Å². The van der Waals surface area contributed by atoms with Crippen LogP contribution in [0, 0.1) is 6.92 Å². The lowest BCUT2D eigenvalue weighted by atomic mass is 10.2. The molecule has 0 radical (unpaired) electrons. The van der Waals surface area contributed by atoms with E-state index in [-0.39, 0.29) is 4.90 Å². The number of imidazole rings is 1. The summed E-state index contributed by atoms with van der Waals surface area (Å²) in [5, 5.41) is 5.27. The van der Waals surface area contributed by atoms with Crippen LogP contribution in [-0.2, 0) is 23.0 Å². The summed E-state index contributed by atoms with van der Waals surface area (Å²) in [4.78, 5) is 6.93. The van der Waals surface area contributed by atoms with Crippen molar-refractivity contribution in [2.45, 2.75) is 24.8 Å². The number of aryl methyl sites for hydroxylation is 1. The molecule has 24 heavy (non-hydrogen) atoms. The molecule has 2 aromatic heterocycles. The van der Waals surface area contributed by atoms with E-state index in [1.807, 2.05) is 37.4 Å². The minimum Gasteiger partial charge on any atom is -0.365 e. The highest BCUT2D eigenvalue weighted by molar-refractivity contribution is 7.89. The van der Waals surface area contributed by atoms with Gasteiger partial charge in [0.05, 0.1) is 22.8 Å². The van der Waals surface area contributed by atoms with Gasteiger partial charge in [0, 0.05) is 18.4 Å². The minimum absolute atomic E-state index is 0.156. The SMILES string of the molecule is Cc1nc2ccccn2c1CN1CCc2ccc(S(N)(=O)=O)cc21. The number of fused-ring (bicyclic) bond motifs is 2. The monoisotopic (exact) mass is 342 g/mol. The Bertz CT molecular complexity index is 1040. The van der Waals surface area contributed by atoms with Crippen LogP contribution < -0.4 is 10.0 Å². The molecule has 6 nitrogen and oxygen atoms in total. The Kier molecular flexibility index (Phi) is 3.36. The van der Waals surface area contributed by atoms with E-state index in [0.29, 0.717) is 6.54 Å². The molecule has 1 aliphatic rings. The van der Waals surface area contributed by atoms with Gasteiger partial charge in [-0.3, -0.25) is 0 Å². The van der Waals surface area contributed by atoms with Crippen LogP contribution in [0.2, 0.25) is 0 Å². The third-order valence-corrected chi connectivity index (χ3v) is 5.46. The van der Waals surface area contributed by atoms with Gasteiger partial charge in [0.15, 0.2) is 0 Å². The molecule has 3 aromatic rings. The van der Waals surface area contributed by atoms with Crippen LogP contribution in [0.3, 0.4) is 0 Å². The van der Waals surface area contributed by atoms with Crippen molar-refractivity contribution >= 4 is 21.4 Å². The molecule has 0 saturated carbocycles. The summed E-state index contributed by atoms with van der Waals surface area (Å²) in [6, 6.07) is 11.0. The van der Waals surface area contributed by atoms with Gasteiger partial charge in [0.25, 0.3) is 0 Å². The van der Waals surface area contributed by atoms with Gasteiger partial charge in [0.1, 0.15) is 5.65 Å².